The number of pyridine rings is 1. The van der Waals surface area contributed by atoms with Crippen LogP contribution in [0.1, 0.15) is 0 Å². The first kappa shape index (κ1) is 6.22. The molecule has 0 fully saturated rings. The highest BCUT2D eigenvalue weighted by Gasteiger charge is 2.13. The normalized spacial score (nSPS) is 13.7. The van der Waals surface area contributed by atoms with E-state index in [0.717, 1.165) is 16.4 Å². The molecule has 1 aromatic heterocycles. The van der Waals surface area contributed by atoms with E-state index in [4.69, 9.17) is 0 Å². The molecule has 0 aromatic carbocycles. The van der Waals surface area contributed by atoms with Crippen LogP contribution in [0.15, 0.2) is 17.3 Å². The van der Waals surface area contributed by atoms with Gasteiger partial charge < -0.3 is 0 Å². The summed E-state index contributed by atoms with van der Waals surface area (Å²) in [6, 6.07) is 1.86. The Morgan fingerprint density at radius 2 is 2.36 bits per heavy atom. The van der Waals surface area contributed by atoms with E-state index in [1.54, 1.807) is 12.5 Å². The van der Waals surface area contributed by atoms with E-state index >= 15 is 0 Å². The molecule has 11 heavy (non-hydrogen) atoms. The van der Waals surface area contributed by atoms with Crippen molar-refractivity contribution in [1.29, 1.82) is 0 Å². The van der Waals surface area contributed by atoms with Gasteiger partial charge in [-0.15, -0.1) is 9.98 Å². The first-order valence-electron chi connectivity index (χ1n) is 3.37. The fourth-order valence-corrected chi connectivity index (χ4v) is 1.08. The Hall–Kier alpha value is -1.51. The Balaban J connectivity index is 2.91. The second-order valence-electron chi connectivity index (χ2n) is 2.50. The van der Waals surface area contributed by atoms with Gasteiger partial charge in [-0.05, 0) is 6.07 Å². The molecule has 1 aliphatic heterocycles. The standard InChI is InChI=1S/C8H8N3/c1-6-3-4-9-8-7(6)10-5-11(8)2/h3-5H,1H2,2H3/q+1. The molecule has 3 heteroatoms. The van der Waals surface area contributed by atoms with Crippen LogP contribution in [0.2, 0.25) is 0 Å². The summed E-state index contributed by atoms with van der Waals surface area (Å²) < 4.78 is 1.88. The van der Waals surface area contributed by atoms with E-state index in [0.29, 0.717) is 0 Å². The van der Waals surface area contributed by atoms with Crippen LogP contribution < -0.4 is 10.6 Å². The predicted octanol–water partition coefficient (Wildman–Crippen LogP) is -0.573. The average molecular weight is 146 g/mol. The maximum atomic E-state index is 4.16. The summed E-state index contributed by atoms with van der Waals surface area (Å²) in [4.78, 5) is 8.32. The second-order valence-corrected chi connectivity index (χ2v) is 2.50. The van der Waals surface area contributed by atoms with Gasteiger partial charge in [0, 0.05) is 5.22 Å². The molecule has 0 unspecified atom stereocenters. The van der Waals surface area contributed by atoms with Gasteiger partial charge in [0.25, 0.3) is 0 Å². The molecule has 1 aliphatic rings. The molecule has 2 heterocycles. The van der Waals surface area contributed by atoms with Gasteiger partial charge in [0.2, 0.25) is 11.7 Å². The molecular formula is C8H8N3+. The summed E-state index contributed by atoms with van der Waals surface area (Å²) in [5.74, 6) is 0.887. The average Bonchev–Trinajstić information content (AvgIpc) is 2.35. The van der Waals surface area contributed by atoms with E-state index in [9.17, 15) is 0 Å². The molecule has 0 N–H and O–H groups in total. The number of hydrogen-bond donors (Lipinski definition) is 0. The molecule has 0 saturated heterocycles. The van der Waals surface area contributed by atoms with E-state index in [-0.39, 0.29) is 0 Å². The number of hydrogen-bond acceptors (Lipinski definition) is 2. The summed E-state index contributed by atoms with van der Waals surface area (Å²) in [5, 5.41) is 1.81. The molecule has 2 rings (SSSR count). The third kappa shape index (κ3) is 0.774. The van der Waals surface area contributed by atoms with Gasteiger partial charge >= 0.3 is 5.82 Å². The smallest absolute Gasteiger partial charge is 0.233 e. The van der Waals surface area contributed by atoms with Gasteiger partial charge in [-0.2, -0.15) is 0 Å². The van der Waals surface area contributed by atoms with Crippen LogP contribution in [0, 0.1) is 0 Å². The first-order chi connectivity index (χ1) is 5.29. The Labute approximate surface area is 64.1 Å². The molecule has 3 nitrogen and oxygen atoms in total. The number of fused-ring (bicyclic) bond motifs is 1. The molecule has 0 bridgehead atoms. The topological polar surface area (TPSA) is 28.3 Å². The van der Waals surface area contributed by atoms with Crippen molar-refractivity contribution < 1.29 is 4.58 Å². The minimum Gasteiger partial charge on any atom is -0.233 e. The minimum absolute atomic E-state index is 0.884. The van der Waals surface area contributed by atoms with E-state index in [1.807, 2.05) is 17.7 Å². The Kier molecular flexibility index (Phi) is 1.12. The van der Waals surface area contributed by atoms with Crippen LogP contribution in [0.3, 0.4) is 0 Å². The highest BCUT2D eigenvalue weighted by atomic mass is 15.1. The Bertz CT molecular complexity index is 431. The largest absolute Gasteiger partial charge is 0.305 e. The summed E-state index contributed by atoms with van der Waals surface area (Å²) in [7, 11) is 1.92. The summed E-state index contributed by atoms with van der Waals surface area (Å²) in [6.45, 7) is 3.85. The van der Waals surface area contributed by atoms with Crippen LogP contribution >= 0.6 is 0 Å². The lowest BCUT2D eigenvalue weighted by Gasteiger charge is -1.87. The van der Waals surface area contributed by atoms with Gasteiger partial charge in [-0.25, -0.2) is 4.58 Å². The molecule has 0 spiro atoms. The number of nitrogens with zero attached hydrogens (tertiary/aromatic N) is 3. The van der Waals surface area contributed by atoms with Crippen LogP contribution in [0.5, 0.6) is 0 Å². The molecular weight excluding hydrogens is 138 g/mol. The lowest BCUT2D eigenvalue weighted by atomic mass is 10.4. The lowest BCUT2D eigenvalue weighted by Crippen LogP contribution is -2.24. The lowest BCUT2D eigenvalue weighted by molar-refractivity contribution is -0.402. The zero-order chi connectivity index (χ0) is 7.84. The van der Waals surface area contributed by atoms with E-state index in [2.05, 4.69) is 16.6 Å². The van der Waals surface area contributed by atoms with Gasteiger partial charge in [0.05, 0.1) is 7.05 Å². The number of rotatable bonds is 0. The van der Waals surface area contributed by atoms with Crippen molar-refractivity contribution in [2.45, 2.75) is 0 Å². The quantitative estimate of drug-likeness (QED) is 0.450. The van der Waals surface area contributed by atoms with Gasteiger partial charge in [0.1, 0.15) is 6.20 Å². The van der Waals surface area contributed by atoms with Crippen LogP contribution in [0.25, 0.3) is 6.58 Å². The zero-order valence-corrected chi connectivity index (χ0v) is 6.28. The van der Waals surface area contributed by atoms with Crippen LogP contribution in [-0.4, -0.2) is 22.9 Å². The highest BCUT2D eigenvalue weighted by Crippen LogP contribution is 1.96. The minimum atomic E-state index is 0.884. The molecule has 54 valence electrons. The van der Waals surface area contributed by atoms with Crippen molar-refractivity contribution in [3.8, 4) is 0 Å². The Morgan fingerprint density at radius 1 is 1.55 bits per heavy atom. The van der Waals surface area contributed by atoms with Crippen molar-refractivity contribution in [3.63, 3.8) is 0 Å². The molecule has 0 atom stereocenters. The highest BCUT2D eigenvalue weighted by molar-refractivity contribution is 5.55. The van der Waals surface area contributed by atoms with Gasteiger partial charge in [0.15, 0.2) is 0 Å². The molecule has 0 saturated carbocycles. The SMILES string of the molecule is C=c1ccnc2c1=NC=[N+]2C. The number of aromatic nitrogens is 1. The van der Waals surface area contributed by atoms with Gasteiger partial charge in [-0.3, -0.25) is 0 Å². The summed E-state index contributed by atoms with van der Waals surface area (Å²) >= 11 is 0. The van der Waals surface area contributed by atoms with Crippen molar-refractivity contribution in [3.05, 3.63) is 22.8 Å². The van der Waals surface area contributed by atoms with Crippen molar-refractivity contribution in [1.82, 2.24) is 4.98 Å². The summed E-state index contributed by atoms with van der Waals surface area (Å²) in [5.41, 5.74) is 0. The third-order valence-corrected chi connectivity index (χ3v) is 1.68. The fraction of sp³-hybridized carbons (Fsp3) is 0.125. The molecule has 0 radical (unpaired) electrons. The summed E-state index contributed by atoms with van der Waals surface area (Å²) in [6.07, 6.45) is 3.48. The molecule has 0 aliphatic carbocycles. The van der Waals surface area contributed by atoms with Crippen LogP contribution in [-0.2, 0) is 0 Å². The van der Waals surface area contributed by atoms with E-state index < -0.39 is 0 Å². The van der Waals surface area contributed by atoms with Crippen molar-refractivity contribution in [2.24, 2.45) is 4.99 Å². The van der Waals surface area contributed by atoms with Crippen molar-refractivity contribution >= 4 is 18.7 Å². The molecule has 1 aromatic rings. The van der Waals surface area contributed by atoms with Gasteiger partial charge in [-0.1, -0.05) is 6.58 Å². The first-order valence-corrected chi connectivity index (χ1v) is 3.37. The van der Waals surface area contributed by atoms with Crippen molar-refractivity contribution in [2.75, 3.05) is 7.05 Å². The maximum absolute atomic E-state index is 4.16. The third-order valence-electron chi connectivity index (χ3n) is 1.68. The maximum Gasteiger partial charge on any atom is 0.305 e. The zero-order valence-electron chi connectivity index (χ0n) is 6.28. The predicted molar refractivity (Wildman–Crippen MR) is 42.4 cm³/mol. The fourth-order valence-electron chi connectivity index (χ4n) is 1.08. The van der Waals surface area contributed by atoms with Crippen LogP contribution in [0.4, 0.5) is 5.82 Å². The Morgan fingerprint density at radius 3 is 3.09 bits per heavy atom. The molecule has 0 amide bonds. The second kappa shape index (κ2) is 1.99. The van der Waals surface area contributed by atoms with E-state index in [1.165, 1.54) is 0 Å². The monoisotopic (exact) mass is 146 g/mol.